The third kappa shape index (κ3) is 7.49. The van der Waals surface area contributed by atoms with E-state index in [1.165, 1.54) is 4.31 Å². The third-order valence-electron chi connectivity index (χ3n) is 5.41. The van der Waals surface area contributed by atoms with Gasteiger partial charge in [0.15, 0.2) is 0 Å². The molecule has 9 nitrogen and oxygen atoms in total. The zero-order valence-corrected chi connectivity index (χ0v) is 20.5. The Hall–Kier alpha value is -2.99. The molecule has 0 saturated carbocycles. The molecule has 3 aromatic carbocycles. The third-order valence-corrected chi connectivity index (χ3v) is 7.32. The van der Waals surface area contributed by atoms with E-state index in [-0.39, 0.29) is 31.2 Å². The second-order valence-corrected chi connectivity index (χ2v) is 10.0. The predicted molar refractivity (Wildman–Crippen MR) is 136 cm³/mol. The summed E-state index contributed by atoms with van der Waals surface area (Å²) in [5, 5.41) is 0. The van der Waals surface area contributed by atoms with Crippen LogP contribution >= 0.6 is 0 Å². The lowest BCUT2D eigenvalue weighted by Crippen LogP contribution is -2.37. The highest BCUT2D eigenvalue weighted by molar-refractivity contribution is 7.89. The first-order valence-corrected chi connectivity index (χ1v) is 12.7. The van der Waals surface area contributed by atoms with Gasteiger partial charge in [0.1, 0.15) is 24.7 Å². The molecule has 0 saturated heterocycles. The molecular weight excluding hydrogens is 466 g/mol. The molecule has 0 heterocycles. The Morgan fingerprint density at radius 2 is 1.09 bits per heavy atom. The molecule has 3 rings (SSSR count). The van der Waals surface area contributed by atoms with Gasteiger partial charge in [0.25, 0.3) is 0 Å². The fourth-order valence-electron chi connectivity index (χ4n) is 3.31. The Labute approximate surface area is 206 Å². The second kappa shape index (κ2) is 12.1. The smallest absolute Gasteiger partial charge is 0.243 e. The first kappa shape index (κ1) is 26.6. The minimum atomic E-state index is -3.76. The minimum absolute atomic E-state index is 0.138. The van der Waals surface area contributed by atoms with Crippen LogP contribution in [0.5, 0.6) is 11.5 Å². The summed E-state index contributed by atoms with van der Waals surface area (Å²) in [6.45, 7) is 2.49. The van der Waals surface area contributed by atoms with E-state index < -0.39 is 22.4 Å². The van der Waals surface area contributed by atoms with Crippen molar-refractivity contribution in [3.8, 4) is 11.5 Å². The molecule has 0 spiro atoms. The predicted octanol–water partition coefficient (Wildman–Crippen LogP) is 1.98. The van der Waals surface area contributed by atoms with Crippen LogP contribution in [0.2, 0.25) is 0 Å². The number of rotatable bonds is 12. The van der Waals surface area contributed by atoms with Crippen molar-refractivity contribution in [3.63, 3.8) is 0 Å². The maximum absolute atomic E-state index is 13.3. The van der Waals surface area contributed by atoms with Crippen LogP contribution in [0.25, 0.3) is 0 Å². The van der Waals surface area contributed by atoms with Crippen molar-refractivity contribution in [2.24, 2.45) is 22.9 Å². The van der Waals surface area contributed by atoms with E-state index in [2.05, 4.69) is 0 Å². The summed E-state index contributed by atoms with van der Waals surface area (Å²) < 4.78 is 39.5. The molecule has 0 fully saturated rings. The van der Waals surface area contributed by atoms with Crippen molar-refractivity contribution in [1.29, 1.82) is 0 Å². The lowest BCUT2D eigenvalue weighted by atomic mass is 10.2. The van der Waals surface area contributed by atoms with Crippen molar-refractivity contribution in [3.05, 3.63) is 89.5 Å². The summed E-state index contributed by atoms with van der Waals surface area (Å²) >= 11 is 0. The Morgan fingerprint density at radius 1 is 0.686 bits per heavy atom. The molecule has 8 N–H and O–H groups in total. The number of ether oxygens (including phenoxy) is 2. The van der Waals surface area contributed by atoms with E-state index in [0.717, 1.165) is 16.7 Å². The van der Waals surface area contributed by atoms with Crippen LogP contribution in [0.1, 0.15) is 29.0 Å². The molecular formula is C25H33N5O4S. The van der Waals surface area contributed by atoms with Gasteiger partial charge in [-0.2, -0.15) is 4.31 Å². The van der Waals surface area contributed by atoms with Crippen molar-refractivity contribution in [2.45, 2.75) is 24.2 Å². The highest BCUT2D eigenvalue weighted by atomic mass is 32.2. The van der Waals surface area contributed by atoms with Crippen LogP contribution < -0.4 is 32.4 Å². The molecule has 0 aliphatic heterocycles. The van der Waals surface area contributed by atoms with E-state index in [0.29, 0.717) is 11.5 Å². The molecule has 3 aromatic rings. The quantitative estimate of drug-likeness (QED) is 0.275. The van der Waals surface area contributed by atoms with Crippen LogP contribution in [0, 0.1) is 6.92 Å². The van der Waals surface area contributed by atoms with Crippen LogP contribution in [0.3, 0.4) is 0 Å². The topological polar surface area (TPSA) is 160 Å². The van der Waals surface area contributed by atoms with Gasteiger partial charge in [-0.3, -0.25) is 0 Å². The number of sulfonamides is 1. The molecule has 10 heteroatoms. The summed E-state index contributed by atoms with van der Waals surface area (Å²) in [4.78, 5) is 0.214. The Kier molecular flexibility index (Phi) is 9.21. The summed E-state index contributed by atoms with van der Waals surface area (Å²) in [5.74, 6) is 1.19. The van der Waals surface area contributed by atoms with E-state index in [9.17, 15) is 8.42 Å². The first-order valence-electron chi connectivity index (χ1n) is 11.2. The van der Waals surface area contributed by atoms with Crippen LogP contribution in [-0.2, 0) is 10.0 Å². The molecule has 0 aromatic heterocycles. The number of nitrogens with two attached hydrogens (primary N) is 4. The molecule has 0 atom stereocenters. The van der Waals surface area contributed by atoms with Crippen molar-refractivity contribution in [1.82, 2.24) is 4.31 Å². The standard InChI is InChI=1S/C25H33N5O4S/c1-18-2-12-23(13-3-18)35(31,32)30(14-16-33-21-8-4-19(5-9-21)24(26)27)15-17-34-22-10-6-20(7-11-22)25(28)29/h2-13,24-25H,14-17,26-29H2,1H3. The summed E-state index contributed by atoms with van der Waals surface area (Å²) in [6.07, 6.45) is -1.13. The molecule has 0 unspecified atom stereocenters. The maximum atomic E-state index is 13.3. The van der Waals surface area contributed by atoms with Crippen molar-refractivity contribution < 1.29 is 17.9 Å². The molecule has 188 valence electrons. The highest BCUT2D eigenvalue weighted by Crippen LogP contribution is 2.19. The Balaban J connectivity index is 1.66. The summed E-state index contributed by atoms with van der Waals surface area (Å²) in [7, 11) is -3.76. The lowest BCUT2D eigenvalue weighted by Gasteiger charge is -2.23. The summed E-state index contributed by atoms with van der Waals surface area (Å²) in [6, 6.07) is 20.8. The van der Waals surface area contributed by atoms with Gasteiger partial charge in [-0.25, -0.2) is 8.42 Å². The average molecular weight is 500 g/mol. The van der Waals surface area contributed by atoms with E-state index >= 15 is 0 Å². The molecule has 0 aliphatic carbocycles. The van der Waals surface area contributed by atoms with Gasteiger partial charge >= 0.3 is 0 Å². The van der Waals surface area contributed by atoms with Crippen LogP contribution in [0.15, 0.2) is 77.7 Å². The highest BCUT2D eigenvalue weighted by Gasteiger charge is 2.24. The fourth-order valence-corrected chi connectivity index (χ4v) is 4.72. The van der Waals surface area contributed by atoms with Crippen LogP contribution in [0.4, 0.5) is 0 Å². The molecule has 0 bridgehead atoms. The minimum Gasteiger partial charge on any atom is -0.492 e. The van der Waals surface area contributed by atoms with E-state index in [1.807, 2.05) is 6.92 Å². The first-order chi connectivity index (χ1) is 16.7. The van der Waals surface area contributed by atoms with Gasteiger partial charge in [-0.05, 0) is 54.4 Å². The molecule has 0 aliphatic rings. The second-order valence-electron chi connectivity index (χ2n) is 8.10. The van der Waals surface area contributed by atoms with Gasteiger partial charge in [-0.1, -0.05) is 42.0 Å². The van der Waals surface area contributed by atoms with Gasteiger partial charge < -0.3 is 32.4 Å². The summed E-state index contributed by atoms with van der Waals surface area (Å²) in [5.41, 5.74) is 25.2. The van der Waals surface area contributed by atoms with Crippen molar-refractivity contribution >= 4 is 10.0 Å². The van der Waals surface area contributed by atoms with Crippen LogP contribution in [-0.4, -0.2) is 39.0 Å². The Bertz CT molecular complexity index is 1110. The molecule has 35 heavy (non-hydrogen) atoms. The van der Waals surface area contributed by atoms with Gasteiger partial charge in [0.05, 0.1) is 17.2 Å². The zero-order chi connectivity index (χ0) is 25.4. The molecule has 0 radical (unpaired) electrons. The number of hydrogen-bond donors (Lipinski definition) is 4. The van der Waals surface area contributed by atoms with E-state index in [4.69, 9.17) is 32.4 Å². The number of aryl methyl sites for hydroxylation is 1. The van der Waals surface area contributed by atoms with Crippen molar-refractivity contribution in [2.75, 3.05) is 26.3 Å². The van der Waals surface area contributed by atoms with Gasteiger partial charge in [0, 0.05) is 13.1 Å². The van der Waals surface area contributed by atoms with Gasteiger partial charge in [0.2, 0.25) is 10.0 Å². The number of hydrogen-bond acceptors (Lipinski definition) is 8. The fraction of sp³-hybridized carbons (Fsp3) is 0.280. The van der Waals surface area contributed by atoms with Gasteiger partial charge in [-0.15, -0.1) is 0 Å². The number of benzene rings is 3. The SMILES string of the molecule is Cc1ccc(S(=O)(=O)N(CCOc2ccc(C(N)N)cc2)CCOc2ccc(C(N)N)cc2)cc1. The largest absolute Gasteiger partial charge is 0.492 e. The van der Waals surface area contributed by atoms with E-state index in [1.54, 1.807) is 72.8 Å². The lowest BCUT2D eigenvalue weighted by molar-refractivity contribution is 0.237. The number of nitrogens with zero attached hydrogens (tertiary/aromatic N) is 1. The maximum Gasteiger partial charge on any atom is 0.243 e. The molecule has 0 amide bonds. The normalized spacial score (nSPS) is 11.9. The average Bonchev–Trinajstić information content (AvgIpc) is 2.84. The Morgan fingerprint density at radius 3 is 1.46 bits per heavy atom. The zero-order valence-electron chi connectivity index (χ0n) is 19.7. The monoisotopic (exact) mass is 499 g/mol.